The van der Waals surface area contributed by atoms with Gasteiger partial charge in [-0.2, -0.15) is 0 Å². The maximum atomic E-state index is 12.7. The number of hydrogen-bond acceptors (Lipinski definition) is 4. The summed E-state index contributed by atoms with van der Waals surface area (Å²) < 4.78 is 5.63. The number of hydrogen-bond donors (Lipinski definition) is 3. The van der Waals surface area contributed by atoms with Crippen LogP contribution in [0.15, 0.2) is 54.2 Å². The quantitative estimate of drug-likeness (QED) is 0.525. The number of nitrogens with one attached hydrogen (secondary N) is 2. The van der Waals surface area contributed by atoms with E-state index in [1.165, 1.54) is 5.56 Å². The summed E-state index contributed by atoms with van der Waals surface area (Å²) >= 11 is 0. The van der Waals surface area contributed by atoms with Crippen molar-refractivity contribution in [1.29, 1.82) is 0 Å². The molecule has 0 saturated heterocycles. The first-order chi connectivity index (χ1) is 14.4. The van der Waals surface area contributed by atoms with Crippen LogP contribution < -0.4 is 15.4 Å². The first-order valence-corrected chi connectivity index (χ1v) is 10.2. The van der Waals surface area contributed by atoms with Gasteiger partial charge in [-0.05, 0) is 53.8 Å². The van der Waals surface area contributed by atoms with Crippen molar-refractivity contribution in [2.75, 3.05) is 19.8 Å². The number of amides is 2. The largest absolute Gasteiger partial charge is 0.493 e. The van der Waals surface area contributed by atoms with Gasteiger partial charge in [-0.3, -0.25) is 9.59 Å². The minimum atomic E-state index is -0.464. The number of aryl methyl sites for hydroxylation is 1. The summed E-state index contributed by atoms with van der Waals surface area (Å²) in [6, 6.07) is 14.5. The molecule has 2 rings (SSSR count). The molecule has 0 fully saturated rings. The van der Waals surface area contributed by atoms with Crippen molar-refractivity contribution in [3.05, 3.63) is 70.9 Å². The second kappa shape index (κ2) is 11.8. The van der Waals surface area contributed by atoms with Crippen molar-refractivity contribution in [2.45, 2.75) is 27.2 Å². The number of aliphatic hydroxyl groups is 1. The van der Waals surface area contributed by atoms with E-state index >= 15 is 0 Å². The lowest BCUT2D eigenvalue weighted by Gasteiger charge is -2.12. The Morgan fingerprint density at radius 2 is 1.73 bits per heavy atom. The molecule has 0 aliphatic rings. The van der Waals surface area contributed by atoms with Crippen molar-refractivity contribution in [3.8, 4) is 5.75 Å². The maximum absolute atomic E-state index is 12.7. The van der Waals surface area contributed by atoms with Gasteiger partial charge in [0.05, 0.1) is 13.2 Å². The van der Waals surface area contributed by atoms with Gasteiger partial charge in [0, 0.05) is 12.1 Å². The number of benzene rings is 2. The zero-order valence-electron chi connectivity index (χ0n) is 17.8. The minimum Gasteiger partial charge on any atom is -0.493 e. The lowest BCUT2D eigenvalue weighted by atomic mass is 10.1. The van der Waals surface area contributed by atoms with Gasteiger partial charge in [0.1, 0.15) is 11.4 Å². The molecule has 0 spiro atoms. The molecule has 160 valence electrons. The fourth-order valence-electron chi connectivity index (χ4n) is 2.60. The number of carbonyl (C=O) groups excluding carboxylic acids is 2. The smallest absolute Gasteiger partial charge is 0.267 e. The Labute approximate surface area is 178 Å². The van der Waals surface area contributed by atoms with Gasteiger partial charge in [0.25, 0.3) is 11.8 Å². The average Bonchev–Trinajstić information content (AvgIpc) is 2.76. The summed E-state index contributed by atoms with van der Waals surface area (Å²) in [4.78, 5) is 25.2. The molecule has 0 aromatic heterocycles. The molecular formula is C24H30N2O4. The lowest BCUT2D eigenvalue weighted by molar-refractivity contribution is -0.117. The Bertz CT molecular complexity index is 856. The third-order valence-electron chi connectivity index (χ3n) is 4.29. The van der Waals surface area contributed by atoms with Gasteiger partial charge >= 0.3 is 0 Å². The van der Waals surface area contributed by atoms with Crippen LogP contribution in [-0.4, -0.2) is 36.7 Å². The monoisotopic (exact) mass is 410 g/mol. The minimum absolute atomic E-state index is 0.0999. The summed E-state index contributed by atoms with van der Waals surface area (Å²) in [5, 5.41) is 14.2. The lowest BCUT2D eigenvalue weighted by Crippen LogP contribution is -2.36. The molecule has 0 radical (unpaired) electrons. The van der Waals surface area contributed by atoms with Crippen molar-refractivity contribution in [3.63, 3.8) is 0 Å². The van der Waals surface area contributed by atoms with E-state index in [4.69, 9.17) is 9.84 Å². The molecule has 30 heavy (non-hydrogen) atoms. The SMILES string of the molecule is CCc1ccc(C=C(NC(=O)c2ccc(OCC(C)C)cc2)C(=O)NCCO)cc1. The first-order valence-electron chi connectivity index (χ1n) is 10.2. The highest BCUT2D eigenvalue weighted by Gasteiger charge is 2.14. The topological polar surface area (TPSA) is 87.7 Å². The molecule has 0 aliphatic carbocycles. The van der Waals surface area contributed by atoms with Crippen LogP contribution in [0.2, 0.25) is 0 Å². The maximum Gasteiger partial charge on any atom is 0.267 e. The zero-order valence-corrected chi connectivity index (χ0v) is 17.8. The van der Waals surface area contributed by atoms with Gasteiger partial charge in [0.15, 0.2) is 0 Å². The normalized spacial score (nSPS) is 11.3. The fourth-order valence-corrected chi connectivity index (χ4v) is 2.60. The summed E-state index contributed by atoms with van der Waals surface area (Å²) in [5.41, 5.74) is 2.49. The van der Waals surface area contributed by atoms with Crippen LogP contribution in [0.4, 0.5) is 0 Å². The third-order valence-corrected chi connectivity index (χ3v) is 4.29. The first kappa shape index (κ1) is 23.2. The number of rotatable bonds is 10. The second-order valence-corrected chi connectivity index (χ2v) is 7.32. The Kier molecular flexibility index (Phi) is 9.09. The summed E-state index contributed by atoms with van der Waals surface area (Å²) in [7, 11) is 0. The van der Waals surface area contributed by atoms with Crippen LogP contribution in [0.1, 0.15) is 42.3 Å². The van der Waals surface area contributed by atoms with E-state index in [-0.39, 0.29) is 18.8 Å². The average molecular weight is 411 g/mol. The molecule has 0 saturated carbocycles. The van der Waals surface area contributed by atoms with Crippen LogP contribution in [-0.2, 0) is 11.2 Å². The Balaban J connectivity index is 2.16. The van der Waals surface area contributed by atoms with Crippen LogP contribution in [0.25, 0.3) is 6.08 Å². The highest BCUT2D eigenvalue weighted by molar-refractivity contribution is 6.05. The van der Waals surface area contributed by atoms with E-state index in [1.54, 1.807) is 30.3 Å². The van der Waals surface area contributed by atoms with Gasteiger partial charge in [-0.25, -0.2) is 0 Å². The molecule has 2 aromatic carbocycles. The molecule has 0 aliphatic heterocycles. The molecule has 6 nitrogen and oxygen atoms in total. The highest BCUT2D eigenvalue weighted by atomic mass is 16.5. The van der Waals surface area contributed by atoms with Crippen molar-refractivity contribution in [2.24, 2.45) is 5.92 Å². The standard InChI is InChI=1S/C24H30N2O4/c1-4-18-5-7-19(8-6-18)15-22(24(29)25-13-14-27)26-23(28)20-9-11-21(12-10-20)30-16-17(2)3/h5-12,15,17,27H,4,13-14,16H2,1-3H3,(H,25,29)(H,26,28). The van der Waals surface area contributed by atoms with E-state index in [0.29, 0.717) is 23.8 Å². The summed E-state index contributed by atoms with van der Waals surface area (Å²) in [5.74, 6) is 0.229. The summed E-state index contributed by atoms with van der Waals surface area (Å²) in [6.45, 7) is 6.71. The Morgan fingerprint density at radius 1 is 1.07 bits per heavy atom. The van der Waals surface area contributed by atoms with E-state index in [0.717, 1.165) is 12.0 Å². The van der Waals surface area contributed by atoms with Crippen LogP contribution >= 0.6 is 0 Å². The molecular weight excluding hydrogens is 380 g/mol. The predicted molar refractivity (Wildman–Crippen MR) is 118 cm³/mol. The number of aliphatic hydroxyl groups excluding tert-OH is 1. The number of ether oxygens (including phenoxy) is 1. The molecule has 0 unspecified atom stereocenters. The van der Waals surface area contributed by atoms with Gasteiger partial charge in [-0.1, -0.05) is 45.0 Å². The van der Waals surface area contributed by atoms with Crippen molar-refractivity contribution in [1.82, 2.24) is 10.6 Å². The third kappa shape index (κ3) is 7.37. The molecule has 6 heteroatoms. The molecule has 2 aromatic rings. The van der Waals surface area contributed by atoms with Crippen LogP contribution in [0.5, 0.6) is 5.75 Å². The predicted octanol–water partition coefficient (Wildman–Crippen LogP) is 3.16. The zero-order chi connectivity index (χ0) is 21.9. The summed E-state index contributed by atoms with van der Waals surface area (Å²) in [6.07, 6.45) is 2.53. The Hall–Kier alpha value is -3.12. The van der Waals surface area contributed by atoms with Crippen LogP contribution in [0.3, 0.4) is 0 Å². The van der Waals surface area contributed by atoms with Crippen molar-refractivity contribution < 1.29 is 19.4 Å². The van der Waals surface area contributed by atoms with E-state index in [1.807, 2.05) is 24.3 Å². The Morgan fingerprint density at radius 3 is 2.30 bits per heavy atom. The molecule has 2 amide bonds. The van der Waals surface area contributed by atoms with E-state index in [9.17, 15) is 9.59 Å². The second-order valence-electron chi connectivity index (χ2n) is 7.32. The number of carbonyl (C=O) groups is 2. The van der Waals surface area contributed by atoms with Crippen LogP contribution in [0, 0.1) is 5.92 Å². The molecule has 0 atom stereocenters. The highest BCUT2D eigenvalue weighted by Crippen LogP contribution is 2.14. The van der Waals surface area contributed by atoms with E-state index < -0.39 is 11.8 Å². The molecule has 0 bridgehead atoms. The van der Waals surface area contributed by atoms with E-state index in [2.05, 4.69) is 31.4 Å². The van der Waals surface area contributed by atoms with Gasteiger partial charge < -0.3 is 20.5 Å². The molecule has 3 N–H and O–H groups in total. The molecule has 0 heterocycles. The fraction of sp³-hybridized carbons (Fsp3) is 0.333. The van der Waals surface area contributed by atoms with Gasteiger partial charge in [0.2, 0.25) is 0 Å². The van der Waals surface area contributed by atoms with Crippen molar-refractivity contribution >= 4 is 17.9 Å². The van der Waals surface area contributed by atoms with Gasteiger partial charge in [-0.15, -0.1) is 0 Å².